The summed E-state index contributed by atoms with van der Waals surface area (Å²) in [6, 6.07) is 7.35. The van der Waals surface area contributed by atoms with Crippen LogP contribution < -0.4 is 10.1 Å². The molecule has 1 rings (SSSR count). The average molecular weight is 323 g/mol. The van der Waals surface area contributed by atoms with E-state index < -0.39 is 17.7 Å². The van der Waals surface area contributed by atoms with E-state index in [-0.39, 0.29) is 6.42 Å². The van der Waals surface area contributed by atoms with E-state index in [1.165, 1.54) is 0 Å². The van der Waals surface area contributed by atoms with Gasteiger partial charge in [0.05, 0.1) is 6.61 Å². The van der Waals surface area contributed by atoms with Crippen LogP contribution in [0.4, 0.5) is 4.79 Å². The number of amides is 1. The van der Waals surface area contributed by atoms with Crippen LogP contribution in [0.5, 0.6) is 5.75 Å². The number of carboxylic acids is 1. The second-order valence-corrected chi connectivity index (χ2v) is 6.17. The molecule has 0 saturated carbocycles. The van der Waals surface area contributed by atoms with Gasteiger partial charge in [-0.15, -0.1) is 0 Å². The number of rotatable bonds is 8. The molecule has 0 aliphatic heterocycles. The number of carbonyl (C=O) groups is 2. The Bertz CT molecular complexity index is 505. The molecular formula is C17H25NO5. The Morgan fingerprint density at radius 2 is 1.83 bits per heavy atom. The molecule has 0 radical (unpaired) electrons. The molecule has 0 heterocycles. The van der Waals surface area contributed by atoms with Crippen LogP contribution in [0.25, 0.3) is 0 Å². The Hall–Kier alpha value is -2.24. The molecule has 1 amide bonds. The lowest BCUT2D eigenvalue weighted by Gasteiger charge is -2.19. The predicted octanol–water partition coefficient (Wildman–Crippen LogP) is 3.00. The summed E-state index contributed by atoms with van der Waals surface area (Å²) < 4.78 is 10.7. The van der Waals surface area contributed by atoms with Gasteiger partial charge in [-0.05, 0) is 51.3 Å². The van der Waals surface area contributed by atoms with Crippen LogP contribution in [-0.4, -0.2) is 35.9 Å². The van der Waals surface area contributed by atoms with Crippen molar-refractivity contribution in [2.75, 3.05) is 13.2 Å². The quantitative estimate of drug-likeness (QED) is 0.718. The summed E-state index contributed by atoms with van der Waals surface area (Å²) in [5.41, 5.74) is 0.467. The number of carboxylic acid groups (broad SMARTS) is 1. The first-order valence-electron chi connectivity index (χ1n) is 7.66. The largest absolute Gasteiger partial charge is 0.494 e. The number of aliphatic carboxylic acids is 1. The lowest BCUT2D eigenvalue weighted by molar-refractivity contribution is -0.136. The molecule has 0 bridgehead atoms. The van der Waals surface area contributed by atoms with Gasteiger partial charge in [0.25, 0.3) is 0 Å². The maximum absolute atomic E-state index is 11.4. The molecule has 23 heavy (non-hydrogen) atoms. The van der Waals surface area contributed by atoms with Crippen LogP contribution in [-0.2, 0) is 16.0 Å². The molecule has 128 valence electrons. The second kappa shape index (κ2) is 9.02. The molecule has 0 aromatic heterocycles. The topological polar surface area (TPSA) is 84.9 Å². The van der Waals surface area contributed by atoms with Crippen LogP contribution in [0.1, 0.15) is 39.2 Å². The lowest BCUT2D eigenvalue weighted by atomic mass is 10.1. The smallest absolute Gasteiger partial charge is 0.407 e. The molecule has 0 saturated heterocycles. The van der Waals surface area contributed by atoms with E-state index in [0.29, 0.717) is 26.0 Å². The fraction of sp³-hybridized carbons (Fsp3) is 0.529. The van der Waals surface area contributed by atoms with Crippen molar-refractivity contribution in [1.82, 2.24) is 5.32 Å². The van der Waals surface area contributed by atoms with Crippen molar-refractivity contribution in [3.8, 4) is 5.75 Å². The van der Waals surface area contributed by atoms with Gasteiger partial charge in [0.15, 0.2) is 0 Å². The molecule has 0 aliphatic carbocycles. The molecule has 2 N–H and O–H groups in total. The van der Waals surface area contributed by atoms with Crippen molar-refractivity contribution in [1.29, 1.82) is 0 Å². The zero-order chi connectivity index (χ0) is 17.3. The Morgan fingerprint density at radius 1 is 1.17 bits per heavy atom. The molecule has 0 unspecified atom stereocenters. The van der Waals surface area contributed by atoms with Crippen LogP contribution in [0.15, 0.2) is 24.3 Å². The van der Waals surface area contributed by atoms with Gasteiger partial charge in [-0.2, -0.15) is 0 Å². The summed E-state index contributed by atoms with van der Waals surface area (Å²) in [5, 5.41) is 11.3. The maximum atomic E-state index is 11.4. The first kappa shape index (κ1) is 18.8. The monoisotopic (exact) mass is 323 g/mol. The summed E-state index contributed by atoms with van der Waals surface area (Å²) >= 11 is 0. The van der Waals surface area contributed by atoms with Gasteiger partial charge in [-0.25, -0.2) is 4.79 Å². The van der Waals surface area contributed by atoms with Gasteiger partial charge in [-0.3, -0.25) is 4.79 Å². The minimum atomic E-state index is -0.803. The van der Waals surface area contributed by atoms with E-state index in [0.717, 1.165) is 11.3 Å². The van der Waals surface area contributed by atoms with Gasteiger partial charge >= 0.3 is 12.1 Å². The number of hydrogen-bond acceptors (Lipinski definition) is 4. The highest BCUT2D eigenvalue weighted by Gasteiger charge is 2.15. The van der Waals surface area contributed by atoms with Crippen molar-refractivity contribution in [2.45, 2.75) is 45.6 Å². The summed E-state index contributed by atoms with van der Waals surface area (Å²) in [7, 11) is 0. The van der Waals surface area contributed by atoms with Crippen molar-refractivity contribution < 1.29 is 24.2 Å². The third kappa shape index (κ3) is 9.39. The zero-order valence-electron chi connectivity index (χ0n) is 13.9. The Morgan fingerprint density at radius 3 is 2.39 bits per heavy atom. The number of carbonyl (C=O) groups excluding carboxylic acids is 1. The minimum Gasteiger partial charge on any atom is -0.494 e. The molecule has 0 fully saturated rings. The summed E-state index contributed by atoms with van der Waals surface area (Å²) in [6.45, 7) is 6.40. The van der Waals surface area contributed by atoms with Crippen molar-refractivity contribution >= 4 is 12.1 Å². The summed E-state index contributed by atoms with van der Waals surface area (Å²) in [6.07, 6.45) is 0.867. The maximum Gasteiger partial charge on any atom is 0.407 e. The highest BCUT2D eigenvalue weighted by atomic mass is 16.6. The van der Waals surface area contributed by atoms with Gasteiger partial charge < -0.3 is 19.9 Å². The normalized spacial score (nSPS) is 10.9. The highest BCUT2D eigenvalue weighted by Crippen LogP contribution is 2.13. The van der Waals surface area contributed by atoms with Crippen molar-refractivity contribution in [3.05, 3.63) is 29.8 Å². The van der Waals surface area contributed by atoms with Gasteiger partial charge in [0.2, 0.25) is 0 Å². The molecule has 6 heteroatoms. The second-order valence-electron chi connectivity index (χ2n) is 6.17. The standard InChI is InChI=1S/C17H25NO5/c1-17(2,3)23-16(21)18-11-4-12-22-14-8-5-13(6-9-14)7-10-15(19)20/h5-6,8-9H,4,7,10-12H2,1-3H3,(H,18,21)(H,19,20). The first-order chi connectivity index (χ1) is 10.8. The Balaban J connectivity index is 2.18. The van der Waals surface area contributed by atoms with E-state index in [1.807, 2.05) is 45.0 Å². The SMILES string of the molecule is CC(C)(C)OC(=O)NCCCOc1ccc(CCC(=O)O)cc1. The van der Waals surface area contributed by atoms with E-state index in [2.05, 4.69) is 5.32 Å². The lowest BCUT2D eigenvalue weighted by Crippen LogP contribution is -2.33. The molecular weight excluding hydrogens is 298 g/mol. The summed E-state index contributed by atoms with van der Waals surface area (Å²) in [4.78, 5) is 21.9. The zero-order valence-corrected chi connectivity index (χ0v) is 13.9. The Kier molecular flexibility index (Phi) is 7.38. The summed E-state index contributed by atoms with van der Waals surface area (Å²) in [5.74, 6) is -0.0795. The fourth-order valence-electron chi connectivity index (χ4n) is 1.77. The average Bonchev–Trinajstić information content (AvgIpc) is 2.44. The number of ether oxygens (including phenoxy) is 2. The van der Waals surface area contributed by atoms with E-state index in [4.69, 9.17) is 14.6 Å². The molecule has 1 aromatic rings. The number of alkyl carbamates (subject to hydrolysis) is 1. The van der Waals surface area contributed by atoms with Gasteiger partial charge in [-0.1, -0.05) is 12.1 Å². The first-order valence-corrected chi connectivity index (χ1v) is 7.66. The fourth-order valence-corrected chi connectivity index (χ4v) is 1.77. The van der Waals surface area contributed by atoms with Crippen LogP contribution >= 0.6 is 0 Å². The van der Waals surface area contributed by atoms with Gasteiger partial charge in [0.1, 0.15) is 11.4 Å². The predicted molar refractivity (Wildman–Crippen MR) is 86.7 cm³/mol. The Labute approximate surface area is 136 Å². The van der Waals surface area contributed by atoms with Crippen molar-refractivity contribution in [2.24, 2.45) is 0 Å². The number of aryl methyl sites for hydroxylation is 1. The van der Waals surface area contributed by atoms with E-state index >= 15 is 0 Å². The third-order valence-electron chi connectivity index (χ3n) is 2.81. The number of nitrogens with one attached hydrogen (secondary N) is 1. The molecule has 0 spiro atoms. The molecule has 0 atom stereocenters. The molecule has 1 aromatic carbocycles. The van der Waals surface area contributed by atoms with E-state index in [1.54, 1.807) is 0 Å². The van der Waals surface area contributed by atoms with Crippen LogP contribution in [0.2, 0.25) is 0 Å². The molecule has 0 aliphatic rings. The van der Waals surface area contributed by atoms with Gasteiger partial charge in [0, 0.05) is 13.0 Å². The van der Waals surface area contributed by atoms with E-state index in [9.17, 15) is 9.59 Å². The van der Waals surface area contributed by atoms with Crippen molar-refractivity contribution in [3.63, 3.8) is 0 Å². The highest BCUT2D eigenvalue weighted by molar-refractivity contribution is 5.67. The van der Waals surface area contributed by atoms with Crippen LogP contribution in [0, 0.1) is 0 Å². The van der Waals surface area contributed by atoms with Crippen LogP contribution in [0.3, 0.4) is 0 Å². The third-order valence-corrected chi connectivity index (χ3v) is 2.81. The number of hydrogen-bond donors (Lipinski definition) is 2. The molecule has 6 nitrogen and oxygen atoms in total. The number of benzene rings is 1. The minimum absolute atomic E-state index is 0.122.